The van der Waals surface area contributed by atoms with Crippen LogP contribution < -0.4 is 24.8 Å². The fraction of sp³-hybridized carbons (Fsp3) is 0.500. The molecule has 0 saturated carbocycles. The molecule has 0 aromatic carbocycles. The van der Waals surface area contributed by atoms with Crippen molar-refractivity contribution in [2.45, 2.75) is 25.0 Å². The average Bonchev–Trinajstić information content (AvgIpc) is 2.06. The van der Waals surface area contributed by atoms with E-state index in [2.05, 4.69) is 9.47 Å². The van der Waals surface area contributed by atoms with Crippen LogP contribution in [0.4, 0.5) is 9.59 Å². The molecule has 0 aromatic heterocycles. The normalized spacial score (nSPS) is 20.9. The second-order valence-corrected chi connectivity index (χ2v) is 2.79. The first-order chi connectivity index (χ1) is 6.59. The number of hydrogen-bond acceptors (Lipinski definition) is 4. The van der Waals surface area contributed by atoms with Gasteiger partial charge in [0.15, 0.2) is 0 Å². The molecule has 0 amide bonds. The zero-order valence-corrected chi connectivity index (χ0v) is 11.4. The molecule has 1 rings (SSSR count). The quantitative estimate of drug-likeness (QED) is 0.285. The predicted octanol–water partition coefficient (Wildman–Crippen LogP) is -4.53. The van der Waals surface area contributed by atoms with Crippen LogP contribution in [0.3, 0.4) is 0 Å². The Morgan fingerprint density at radius 2 is 1.24 bits per heavy atom. The van der Waals surface area contributed by atoms with E-state index >= 15 is 0 Å². The van der Waals surface area contributed by atoms with Crippen LogP contribution in [0.25, 0.3) is 0 Å². The van der Waals surface area contributed by atoms with E-state index in [1.807, 2.05) is 0 Å². The van der Waals surface area contributed by atoms with Crippen molar-refractivity contribution in [1.29, 1.82) is 0 Å². The molecule has 0 spiro atoms. The molecule has 2 unspecified atom stereocenters. The van der Waals surface area contributed by atoms with E-state index in [4.69, 9.17) is 10.2 Å². The molecular weight excluding hydrogens is 369 g/mol. The van der Waals surface area contributed by atoms with Crippen molar-refractivity contribution in [1.82, 2.24) is 0 Å². The van der Waals surface area contributed by atoms with Gasteiger partial charge in [0.25, 0.3) is 0 Å². The Morgan fingerprint density at radius 3 is 1.47 bits per heavy atom. The third-order valence-corrected chi connectivity index (χ3v) is 1.82. The van der Waals surface area contributed by atoms with E-state index in [-0.39, 0.29) is 45.2 Å². The van der Waals surface area contributed by atoms with Crippen molar-refractivity contribution in [3.63, 3.8) is 0 Å². The molecule has 6 nitrogen and oxygen atoms in total. The Hall–Kier alpha value is -0.478. The maximum absolute atomic E-state index is 10.2. The number of carbonyl (C=O) groups is 2. The SMILES string of the molecule is O=C(O)OC1CC=CCC1OC(=O)O.[Cl-].[Cl-].[Pd+2]. The molecule has 0 aromatic rings. The van der Waals surface area contributed by atoms with Crippen LogP contribution in [0.5, 0.6) is 0 Å². The van der Waals surface area contributed by atoms with Crippen LogP contribution in [-0.2, 0) is 29.9 Å². The molecule has 0 saturated heterocycles. The summed E-state index contributed by atoms with van der Waals surface area (Å²) in [5.41, 5.74) is 0. The number of ether oxygens (including phenoxy) is 2. The van der Waals surface area contributed by atoms with Crippen molar-refractivity contribution in [3.05, 3.63) is 12.2 Å². The molecule has 0 heterocycles. The van der Waals surface area contributed by atoms with E-state index in [9.17, 15) is 9.59 Å². The first-order valence-electron chi connectivity index (χ1n) is 4.03. The third kappa shape index (κ3) is 8.27. The van der Waals surface area contributed by atoms with Gasteiger partial charge < -0.3 is 44.5 Å². The number of hydrogen-bond donors (Lipinski definition) is 2. The molecule has 1 aliphatic carbocycles. The fourth-order valence-corrected chi connectivity index (χ4v) is 1.27. The standard InChI is InChI=1S/C8H10O6.2ClH.Pd/c9-7(10)13-5-3-1-2-4-6(5)14-8(11)12;;;/h1-2,5-6H,3-4H2,(H,9,10)(H,11,12);2*1H;/q;;;+2/p-2. The van der Waals surface area contributed by atoms with E-state index in [0.29, 0.717) is 12.8 Å². The van der Waals surface area contributed by atoms with Gasteiger partial charge in [-0.2, -0.15) is 0 Å². The van der Waals surface area contributed by atoms with Gasteiger partial charge in [-0.15, -0.1) is 0 Å². The Morgan fingerprint density at radius 1 is 0.941 bits per heavy atom. The Labute approximate surface area is 124 Å². The van der Waals surface area contributed by atoms with Crippen molar-refractivity contribution in [2.24, 2.45) is 0 Å². The largest absolute Gasteiger partial charge is 2.00 e. The summed E-state index contributed by atoms with van der Waals surface area (Å²) in [5, 5.41) is 16.7. The summed E-state index contributed by atoms with van der Waals surface area (Å²) in [5.74, 6) is 0. The summed E-state index contributed by atoms with van der Waals surface area (Å²) in [6.45, 7) is 0. The van der Waals surface area contributed by atoms with Gasteiger partial charge in [-0.25, -0.2) is 9.59 Å². The van der Waals surface area contributed by atoms with Crippen molar-refractivity contribution in [3.8, 4) is 0 Å². The van der Waals surface area contributed by atoms with E-state index < -0.39 is 24.5 Å². The van der Waals surface area contributed by atoms with Gasteiger partial charge in [0.1, 0.15) is 12.2 Å². The predicted molar refractivity (Wildman–Crippen MR) is 44.2 cm³/mol. The van der Waals surface area contributed by atoms with Crippen LogP contribution in [0.1, 0.15) is 12.8 Å². The van der Waals surface area contributed by atoms with Crippen molar-refractivity contribution >= 4 is 12.3 Å². The summed E-state index contributed by atoms with van der Waals surface area (Å²) < 4.78 is 8.96. The Balaban J connectivity index is -0.000000653. The van der Waals surface area contributed by atoms with E-state index in [1.165, 1.54) is 0 Å². The van der Waals surface area contributed by atoms with Gasteiger partial charge in [-0.3, -0.25) is 0 Å². The second-order valence-electron chi connectivity index (χ2n) is 2.79. The molecule has 0 bridgehead atoms. The smallest absolute Gasteiger partial charge is 1.00 e. The average molecular weight is 379 g/mol. The third-order valence-electron chi connectivity index (χ3n) is 1.82. The molecule has 0 aliphatic heterocycles. The van der Waals surface area contributed by atoms with Gasteiger partial charge in [0, 0.05) is 12.8 Å². The summed E-state index contributed by atoms with van der Waals surface area (Å²) in [4.78, 5) is 20.5. The number of carboxylic acid groups (broad SMARTS) is 2. The van der Waals surface area contributed by atoms with Crippen molar-refractivity contribution < 1.29 is 74.5 Å². The minimum Gasteiger partial charge on any atom is -1.00 e. The Kier molecular flexibility index (Phi) is 13.7. The second kappa shape index (κ2) is 10.7. The van der Waals surface area contributed by atoms with E-state index in [0.717, 1.165) is 0 Å². The van der Waals surface area contributed by atoms with E-state index in [1.54, 1.807) is 12.2 Å². The number of rotatable bonds is 2. The minimum atomic E-state index is -1.43. The molecule has 0 radical (unpaired) electrons. The molecule has 2 N–H and O–H groups in total. The maximum atomic E-state index is 10.2. The minimum absolute atomic E-state index is 0. The van der Waals surface area contributed by atoms with Crippen LogP contribution in [0.2, 0.25) is 0 Å². The molecule has 102 valence electrons. The first kappa shape index (κ1) is 21.8. The van der Waals surface area contributed by atoms with Gasteiger partial charge in [-0.05, 0) is 0 Å². The summed E-state index contributed by atoms with van der Waals surface area (Å²) in [6.07, 6.45) is -0.199. The zero-order chi connectivity index (χ0) is 10.6. The monoisotopic (exact) mass is 378 g/mol. The van der Waals surface area contributed by atoms with Gasteiger partial charge in [0.2, 0.25) is 0 Å². The Bertz CT molecular complexity index is 247. The molecule has 2 atom stereocenters. The van der Waals surface area contributed by atoms with Crippen LogP contribution in [0, 0.1) is 0 Å². The zero-order valence-electron chi connectivity index (χ0n) is 8.32. The summed E-state index contributed by atoms with van der Waals surface area (Å²) in [6, 6.07) is 0. The molecule has 0 fully saturated rings. The topological polar surface area (TPSA) is 93.1 Å². The molecule has 1 aliphatic rings. The first-order valence-corrected chi connectivity index (χ1v) is 4.03. The summed E-state index contributed by atoms with van der Waals surface area (Å²) in [7, 11) is 0. The van der Waals surface area contributed by atoms with Crippen molar-refractivity contribution in [2.75, 3.05) is 0 Å². The van der Waals surface area contributed by atoms with Gasteiger partial charge in [0.05, 0.1) is 0 Å². The summed E-state index contributed by atoms with van der Waals surface area (Å²) >= 11 is 0. The van der Waals surface area contributed by atoms with Crippen LogP contribution >= 0.6 is 0 Å². The molecule has 9 heteroatoms. The van der Waals surface area contributed by atoms with Gasteiger partial charge in [-0.1, -0.05) is 12.2 Å². The molecule has 17 heavy (non-hydrogen) atoms. The maximum Gasteiger partial charge on any atom is 2.00 e. The van der Waals surface area contributed by atoms with Crippen LogP contribution in [-0.4, -0.2) is 34.7 Å². The van der Waals surface area contributed by atoms with Crippen LogP contribution in [0.15, 0.2) is 12.2 Å². The number of halogens is 2. The van der Waals surface area contributed by atoms with Gasteiger partial charge >= 0.3 is 32.7 Å². The molecular formula is C8H10Cl2O6Pd. The fourth-order valence-electron chi connectivity index (χ4n) is 1.27.